The maximum atomic E-state index is 13.5. The van der Waals surface area contributed by atoms with E-state index >= 15 is 0 Å². The molecule has 0 radical (unpaired) electrons. The molecule has 1 saturated heterocycles. The molecule has 100 valence electrons. The van der Waals surface area contributed by atoms with Gasteiger partial charge >= 0.3 is 0 Å². The van der Waals surface area contributed by atoms with Crippen LogP contribution in [0.2, 0.25) is 0 Å². The molecule has 1 unspecified atom stereocenters. The van der Waals surface area contributed by atoms with Crippen molar-refractivity contribution in [3.05, 3.63) is 24.0 Å². The van der Waals surface area contributed by atoms with Crippen molar-refractivity contribution >= 4 is 11.4 Å². The fourth-order valence-electron chi connectivity index (χ4n) is 2.38. The van der Waals surface area contributed by atoms with Gasteiger partial charge in [-0.25, -0.2) is 4.39 Å². The smallest absolute Gasteiger partial charge is 0.148 e. The summed E-state index contributed by atoms with van der Waals surface area (Å²) in [5.74, 6) is -0.343. The molecule has 1 atom stereocenters. The molecule has 0 bridgehead atoms. The second kappa shape index (κ2) is 6.05. The first-order valence-electron chi connectivity index (χ1n) is 6.63. The highest BCUT2D eigenvalue weighted by molar-refractivity contribution is 5.68. The van der Waals surface area contributed by atoms with E-state index in [1.807, 2.05) is 6.07 Å². The maximum Gasteiger partial charge on any atom is 0.148 e. The van der Waals surface area contributed by atoms with Gasteiger partial charge < -0.3 is 15.4 Å². The maximum absolute atomic E-state index is 13.5. The van der Waals surface area contributed by atoms with Gasteiger partial charge in [0, 0.05) is 19.7 Å². The first-order valence-corrected chi connectivity index (χ1v) is 6.63. The second-order valence-electron chi connectivity index (χ2n) is 4.75. The number of anilines is 2. The number of benzene rings is 1. The van der Waals surface area contributed by atoms with E-state index in [4.69, 9.17) is 10.5 Å². The Balaban J connectivity index is 2.06. The quantitative estimate of drug-likeness (QED) is 0.837. The molecule has 1 heterocycles. The predicted octanol–water partition coefficient (Wildman–Crippen LogP) is 2.80. The van der Waals surface area contributed by atoms with Gasteiger partial charge in [0.2, 0.25) is 0 Å². The van der Waals surface area contributed by atoms with Gasteiger partial charge in [-0.15, -0.1) is 0 Å². The van der Waals surface area contributed by atoms with E-state index in [0.717, 1.165) is 44.6 Å². The van der Waals surface area contributed by atoms with Crippen LogP contribution in [0.3, 0.4) is 0 Å². The van der Waals surface area contributed by atoms with E-state index in [0.29, 0.717) is 0 Å². The summed E-state index contributed by atoms with van der Waals surface area (Å²) in [6.45, 7) is 4.61. The Hall–Kier alpha value is -1.29. The number of ether oxygens (including phenoxy) is 1. The van der Waals surface area contributed by atoms with Gasteiger partial charge in [-0.05, 0) is 31.4 Å². The number of nitrogens with zero attached hydrogens (tertiary/aromatic N) is 1. The van der Waals surface area contributed by atoms with E-state index in [9.17, 15) is 4.39 Å². The number of hydrogen-bond acceptors (Lipinski definition) is 3. The number of rotatable bonds is 4. The average molecular weight is 252 g/mol. The van der Waals surface area contributed by atoms with Crippen LogP contribution in [0.15, 0.2) is 18.2 Å². The van der Waals surface area contributed by atoms with Crippen LogP contribution in [0.25, 0.3) is 0 Å². The highest BCUT2D eigenvalue weighted by atomic mass is 19.1. The molecule has 2 N–H and O–H groups in total. The van der Waals surface area contributed by atoms with Gasteiger partial charge in [-0.1, -0.05) is 13.0 Å². The molecular formula is C14H21FN2O. The second-order valence-corrected chi connectivity index (χ2v) is 4.75. The summed E-state index contributed by atoms with van der Waals surface area (Å²) in [6.07, 6.45) is 3.40. The Kier molecular flexibility index (Phi) is 4.42. The summed E-state index contributed by atoms with van der Waals surface area (Å²) in [7, 11) is 0. The monoisotopic (exact) mass is 252 g/mol. The zero-order valence-electron chi connectivity index (χ0n) is 10.9. The van der Waals surface area contributed by atoms with Gasteiger partial charge in [-0.3, -0.25) is 0 Å². The van der Waals surface area contributed by atoms with E-state index in [2.05, 4.69) is 11.8 Å². The Morgan fingerprint density at radius 2 is 2.33 bits per heavy atom. The largest absolute Gasteiger partial charge is 0.395 e. The van der Waals surface area contributed by atoms with Gasteiger partial charge in [0.05, 0.1) is 17.5 Å². The van der Waals surface area contributed by atoms with Crippen molar-refractivity contribution in [1.29, 1.82) is 0 Å². The predicted molar refractivity (Wildman–Crippen MR) is 72.3 cm³/mol. The minimum Gasteiger partial charge on any atom is -0.395 e. The lowest BCUT2D eigenvalue weighted by Crippen LogP contribution is -2.40. The van der Waals surface area contributed by atoms with Crippen molar-refractivity contribution in [1.82, 2.24) is 0 Å². The van der Waals surface area contributed by atoms with Gasteiger partial charge in [0.1, 0.15) is 5.82 Å². The molecular weight excluding hydrogens is 231 g/mol. The summed E-state index contributed by atoms with van der Waals surface area (Å²) in [6, 6.07) is 4.98. The number of nitrogens with two attached hydrogens (primary N) is 1. The van der Waals surface area contributed by atoms with Crippen LogP contribution >= 0.6 is 0 Å². The fourth-order valence-corrected chi connectivity index (χ4v) is 2.38. The molecule has 2 rings (SSSR count). The van der Waals surface area contributed by atoms with Crippen LogP contribution in [0, 0.1) is 5.82 Å². The van der Waals surface area contributed by atoms with Crippen LogP contribution in [-0.2, 0) is 4.74 Å². The number of piperidine rings is 1. The molecule has 0 spiro atoms. The Morgan fingerprint density at radius 3 is 3.11 bits per heavy atom. The molecule has 0 amide bonds. The molecule has 3 nitrogen and oxygen atoms in total. The van der Waals surface area contributed by atoms with Crippen LogP contribution in [0.5, 0.6) is 0 Å². The van der Waals surface area contributed by atoms with E-state index in [-0.39, 0.29) is 17.6 Å². The lowest BCUT2D eigenvalue weighted by atomic mass is 10.1. The highest BCUT2D eigenvalue weighted by Crippen LogP contribution is 2.28. The standard InChI is InChI=1S/C14H21FN2O/c1-2-9-18-11-5-4-8-17(10-11)13-7-3-6-12(15)14(13)16/h3,6-7,11H,2,4-5,8-10,16H2,1H3. The van der Waals surface area contributed by atoms with Crippen molar-refractivity contribution in [2.75, 3.05) is 30.3 Å². The van der Waals surface area contributed by atoms with Crippen LogP contribution in [0.4, 0.5) is 15.8 Å². The van der Waals surface area contributed by atoms with E-state index in [1.165, 1.54) is 6.07 Å². The lowest BCUT2D eigenvalue weighted by Gasteiger charge is -2.35. The van der Waals surface area contributed by atoms with Crippen LogP contribution < -0.4 is 10.6 Å². The molecule has 0 aliphatic carbocycles. The first kappa shape index (κ1) is 13.1. The summed E-state index contributed by atoms with van der Waals surface area (Å²) in [5.41, 5.74) is 6.84. The van der Waals surface area contributed by atoms with Crippen molar-refractivity contribution in [2.24, 2.45) is 0 Å². The van der Waals surface area contributed by atoms with Crippen molar-refractivity contribution in [2.45, 2.75) is 32.3 Å². The van der Waals surface area contributed by atoms with E-state index in [1.54, 1.807) is 6.07 Å². The number of nitrogen functional groups attached to an aromatic ring is 1. The topological polar surface area (TPSA) is 38.5 Å². The first-order chi connectivity index (χ1) is 8.72. The molecule has 1 aliphatic heterocycles. The van der Waals surface area contributed by atoms with Crippen molar-refractivity contribution in [3.8, 4) is 0 Å². The summed E-state index contributed by atoms with van der Waals surface area (Å²) >= 11 is 0. The molecule has 18 heavy (non-hydrogen) atoms. The fraction of sp³-hybridized carbons (Fsp3) is 0.571. The van der Waals surface area contributed by atoms with Gasteiger partial charge in [0.25, 0.3) is 0 Å². The molecule has 1 aromatic carbocycles. The number of halogens is 1. The average Bonchev–Trinajstić information content (AvgIpc) is 2.40. The molecule has 0 aromatic heterocycles. The molecule has 1 aliphatic rings. The third-order valence-corrected chi connectivity index (χ3v) is 3.31. The third-order valence-electron chi connectivity index (χ3n) is 3.31. The lowest BCUT2D eigenvalue weighted by molar-refractivity contribution is 0.0441. The Morgan fingerprint density at radius 1 is 1.50 bits per heavy atom. The van der Waals surface area contributed by atoms with Crippen LogP contribution in [0.1, 0.15) is 26.2 Å². The third kappa shape index (κ3) is 2.93. The van der Waals surface area contributed by atoms with Gasteiger partial charge in [-0.2, -0.15) is 0 Å². The summed E-state index contributed by atoms with van der Waals surface area (Å²) < 4.78 is 19.2. The summed E-state index contributed by atoms with van der Waals surface area (Å²) in [4.78, 5) is 2.13. The van der Waals surface area contributed by atoms with Gasteiger partial charge in [0.15, 0.2) is 0 Å². The molecule has 1 fully saturated rings. The SMILES string of the molecule is CCCOC1CCCN(c2cccc(F)c2N)C1. The molecule has 4 heteroatoms. The zero-order chi connectivity index (χ0) is 13.0. The van der Waals surface area contributed by atoms with Crippen molar-refractivity contribution < 1.29 is 9.13 Å². The van der Waals surface area contributed by atoms with E-state index < -0.39 is 0 Å². The summed E-state index contributed by atoms with van der Waals surface area (Å²) in [5, 5.41) is 0. The number of hydrogen-bond donors (Lipinski definition) is 1. The Labute approximate surface area is 108 Å². The zero-order valence-corrected chi connectivity index (χ0v) is 10.9. The molecule has 0 saturated carbocycles. The Bertz CT molecular complexity index is 397. The van der Waals surface area contributed by atoms with Crippen LogP contribution in [-0.4, -0.2) is 25.8 Å². The van der Waals surface area contributed by atoms with Crippen molar-refractivity contribution in [3.63, 3.8) is 0 Å². The molecule has 1 aromatic rings. The normalized spacial score (nSPS) is 20.1. The number of para-hydroxylation sites is 1. The highest BCUT2D eigenvalue weighted by Gasteiger charge is 2.22. The minimum atomic E-state index is -0.343. The minimum absolute atomic E-state index is 0.237.